The Labute approximate surface area is 127 Å². The predicted octanol–water partition coefficient (Wildman–Crippen LogP) is 2.87. The van der Waals surface area contributed by atoms with E-state index < -0.39 is 5.54 Å². The minimum absolute atomic E-state index is 0.149. The first-order chi connectivity index (χ1) is 10.1. The maximum Gasteiger partial charge on any atom is 0.331 e. The Bertz CT molecular complexity index is 419. The molecule has 1 aromatic rings. The maximum absolute atomic E-state index is 12.7. The molecule has 1 rings (SSSR count). The van der Waals surface area contributed by atoms with E-state index in [9.17, 15) is 4.79 Å². The molecular weight excluding hydrogens is 266 g/mol. The summed E-state index contributed by atoms with van der Waals surface area (Å²) in [6, 6.07) is 9.88. The lowest BCUT2D eigenvalue weighted by Crippen LogP contribution is -2.53. The van der Waals surface area contributed by atoms with E-state index in [-0.39, 0.29) is 12.0 Å². The van der Waals surface area contributed by atoms with Gasteiger partial charge in [0, 0.05) is 25.7 Å². The third kappa shape index (κ3) is 4.83. The predicted molar refractivity (Wildman–Crippen MR) is 84.1 cm³/mol. The highest BCUT2D eigenvalue weighted by atomic mass is 16.5. The van der Waals surface area contributed by atoms with Crippen molar-refractivity contribution in [2.75, 3.05) is 19.8 Å². The summed E-state index contributed by atoms with van der Waals surface area (Å²) in [5.74, 6) is -0.246. The number of hydrogen-bond acceptors (Lipinski definition) is 4. The Hall–Kier alpha value is -1.39. The fourth-order valence-electron chi connectivity index (χ4n) is 2.42. The molecule has 1 aromatic carbocycles. The second-order valence-corrected chi connectivity index (χ2v) is 5.24. The molecule has 0 amide bonds. The van der Waals surface area contributed by atoms with Crippen molar-refractivity contribution in [3.05, 3.63) is 35.9 Å². The lowest BCUT2D eigenvalue weighted by Gasteiger charge is -2.35. The molecule has 0 radical (unpaired) electrons. The number of hydrogen-bond donors (Lipinski definition) is 1. The van der Waals surface area contributed by atoms with Gasteiger partial charge in [-0.15, -0.1) is 0 Å². The van der Waals surface area contributed by atoms with Crippen molar-refractivity contribution in [1.82, 2.24) is 5.32 Å². The van der Waals surface area contributed by atoms with Crippen LogP contribution in [0.3, 0.4) is 0 Å². The molecule has 0 heterocycles. The zero-order chi connectivity index (χ0) is 15.7. The third-order valence-electron chi connectivity index (χ3n) is 3.25. The van der Waals surface area contributed by atoms with Gasteiger partial charge >= 0.3 is 5.97 Å². The van der Waals surface area contributed by atoms with Crippen LogP contribution in [0.2, 0.25) is 0 Å². The van der Waals surface area contributed by atoms with Gasteiger partial charge in [-0.05, 0) is 33.3 Å². The number of nitrogens with one attached hydrogen (secondary N) is 1. The van der Waals surface area contributed by atoms with Gasteiger partial charge in [0.05, 0.1) is 6.61 Å². The van der Waals surface area contributed by atoms with Gasteiger partial charge in [0.15, 0.2) is 0 Å². The van der Waals surface area contributed by atoms with Gasteiger partial charge in [-0.1, -0.05) is 30.3 Å². The second kappa shape index (κ2) is 8.80. The van der Waals surface area contributed by atoms with Crippen molar-refractivity contribution in [2.24, 2.45) is 0 Å². The largest absolute Gasteiger partial charge is 0.464 e. The van der Waals surface area contributed by atoms with Crippen LogP contribution in [-0.2, 0) is 19.8 Å². The van der Waals surface area contributed by atoms with Gasteiger partial charge in [0.1, 0.15) is 5.54 Å². The Kier molecular flexibility index (Phi) is 7.40. The smallest absolute Gasteiger partial charge is 0.331 e. The van der Waals surface area contributed by atoms with E-state index in [4.69, 9.17) is 9.47 Å². The van der Waals surface area contributed by atoms with Crippen LogP contribution in [0, 0.1) is 0 Å². The Balaban J connectivity index is 3.16. The van der Waals surface area contributed by atoms with Gasteiger partial charge in [-0.25, -0.2) is 4.79 Å². The number of esters is 1. The summed E-state index contributed by atoms with van der Waals surface area (Å²) >= 11 is 0. The van der Waals surface area contributed by atoms with Crippen molar-refractivity contribution in [3.8, 4) is 0 Å². The SMILES string of the molecule is CCOCCC(NC(C)C)(C(=O)OCC)c1ccccc1. The Morgan fingerprint density at radius 2 is 1.86 bits per heavy atom. The first-order valence-electron chi connectivity index (χ1n) is 7.65. The first kappa shape index (κ1) is 17.7. The monoisotopic (exact) mass is 293 g/mol. The van der Waals surface area contributed by atoms with Gasteiger partial charge in [0.25, 0.3) is 0 Å². The van der Waals surface area contributed by atoms with E-state index in [1.807, 2.05) is 58.0 Å². The first-order valence-corrected chi connectivity index (χ1v) is 7.65. The maximum atomic E-state index is 12.7. The van der Waals surface area contributed by atoms with Crippen molar-refractivity contribution in [2.45, 2.75) is 45.7 Å². The molecule has 4 nitrogen and oxygen atoms in total. The lowest BCUT2D eigenvalue weighted by atomic mass is 9.86. The van der Waals surface area contributed by atoms with Crippen LogP contribution in [0.1, 0.15) is 39.7 Å². The van der Waals surface area contributed by atoms with Crippen LogP contribution in [0.15, 0.2) is 30.3 Å². The molecule has 1 unspecified atom stereocenters. The summed E-state index contributed by atoms with van der Waals surface area (Å²) in [6.45, 7) is 9.33. The van der Waals surface area contributed by atoms with E-state index in [0.29, 0.717) is 26.2 Å². The molecule has 0 aliphatic carbocycles. The van der Waals surface area contributed by atoms with Crippen molar-refractivity contribution >= 4 is 5.97 Å². The van der Waals surface area contributed by atoms with E-state index in [1.165, 1.54) is 0 Å². The molecule has 0 spiro atoms. The molecule has 0 aromatic heterocycles. The summed E-state index contributed by atoms with van der Waals surface area (Å²) in [7, 11) is 0. The molecule has 0 saturated carbocycles. The standard InChI is InChI=1S/C17H27NO3/c1-5-20-13-12-17(18-14(3)4,16(19)21-6-2)15-10-8-7-9-11-15/h7-11,14,18H,5-6,12-13H2,1-4H3. The number of carbonyl (C=O) groups is 1. The fourth-order valence-corrected chi connectivity index (χ4v) is 2.42. The van der Waals surface area contributed by atoms with Crippen LogP contribution in [0.25, 0.3) is 0 Å². The summed E-state index contributed by atoms with van der Waals surface area (Å²) in [4.78, 5) is 12.7. The molecule has 1 atom stereocenters. The molecular formula is C17H27NO3. The molecule has 21 heavy (non-hydrogen) atoms. The van der Waals surface area contributed by atoms with Crippen molar-refractivity contribution in [1.29, 1.82) is 0 Å². The average molecular weight is 293 g/mol. The molecule has 4 heteroatoms. The van der Waals surface area contributed by atoms with Crippen LogP contribution in [-0.4, -0.2) is 31.8 Å². The highest BCUT2D eigenvalue weighted by molar-refractivity contribution is 5.82. The normalized spacial score (nSPS) is 14.0. The number of ether oxygens (including phenoxy) is 2. The molecule has 0 aliphatic rings. The van der Waals surface area contributed by atoms with Crippen LogP contribution >= 0.6 is 0 Å². The van der Waals surface area contributed by atoms with E-state index in [1.54, 1.807) is 0 Å². The highest BCUT2D eigenvalue weighted by Crippen LogP contribution is 2.28. The Morgan fingerprint density at radius 3 is 2.38 bits per heavy atom. The number of carbonyl (C=O) groups excluding carboxylic acids is 1. The molecule has 0 aliphatic heterocycles. The zero-order valence-electron chi connectivity index (χ0n) is 13.5. The topological polar surface area (TPSA) is 47.6 Å². The molecule has 118 valence electrons. The summed E-state index contributed by atoms with van der Waals surface area (Å²) in [5.41, 5.74) is 0.0532. The van der Waals surface area contributed by atoms with E-state index in [2.05, 4.69) is 5.32 Å². The minimum Gasteiger partial charge on any atom is -0.464 e. The lowest BCUT2D eigenvalue weighted by molar-refractivity contribution is -0.153. The Morgan fingerprint density at radius 1 is 1.19 bits per heavy atom. The average Bonchev–Trinajstić information content (AvgIpc) is 2.47. The van der Waals surface area contributed by atoms with Crippen LogP contribution in [0.5, 0.6) is 0 Å². The van der Waals surface area contributed by atoms with Gasteiger partial charge in [-0.2, -0.15) is 0 Å². The fraction of sp³-hybridized carbons (Fsp3) is 0.588. The number of rotatable bonds is 9. The summed E-state index contributed by atoms with van der Waals surface area (Å²) in [6.07, 6.45) is 0.544. The zero-order valence-corrected chi connectivity index (χ0v) is 13.5. The van der Waals surface area contributed by atoms with Crippen molar-refractivity contribution in [3.63, 3.8) is 0 Å². The van der Waals surface area contributed by atoms with E-state index in [0.717, 1.165) is 5.56 Å². The quantitative estimate of drug-likeness (QED) is 0.562. The third-order valence-corrected chi connectivity index (χ3v) is 3.25. The highest BCUT2D eigenvalue weighted by Gasteiger charge is 2.41. The summed E-state index contributed by atoms with van der Waals surface area (Å²) in [5, 5.41) is 3.40. The molecule has 0 bridgehead atoms. The van der Waals surface area contributed by atoms with Crippen molar-refractivity contribution < 1.29 is 14.3 Å². The molecule has 0 fully saturated rings. The van der Waals surface area contributed by atoms with E-state index >= 15 is 0 Å². The number of benzene rings is 1. The summed E-state index contributed by atoms with van der Waals surface area (Å²) < 4.78 is 10.8. The van der Waals surface area contributed by atoms with Gasteiger partial charge in [0.2, 0.25) is 0 Å². The van der Waals surface area contributed by atoms with Crippen LogP contribution in [0.4, 0.5) is 0 Å². The van der Waals surface area contributed by atoms with Crippen LogP contribution < -0.4 is 5.32 Å². The van der Waals surface area contributed by atoms with Gasteiger partial charge in [-0.3, -0.25) is 5.32 Å². The minimum atomic E-state index is -0.861. The van der Waals surface area contributed by atoms with Gasteiger partial charge < -0.3 is 9.47 Å². The second-order valence-electron chi connectivity index (χ2n) is 5.24. The molecule has 1 N–H and O–H groups in total. The molecule has 0 saturated heterocycles.